The van der Waals surface area contributed by atoms with Crippen molar-refractivity contribution in [1.82, 2.24) is 19.7 Å². The predicted octanol–water partition coefficient (Wildman–Crippen LogP) is 2.11. The molecule has 3 aromatic rings. The third-order valence-corrected chi connectivity index (χ3v) is 4.75. The Morgan fingerprint density at radius 2 is 1.91 bits per heavy atom. The molecule has 174 valence electrons. The minimum Gasteiger partial charge on any atom is -0.492 e. The molecule has 0 bridgehead atoms. The zero-order chi connectivity index (χ0) is 23.6. The number of aryl methyl sites for hydroxylation is 1. The van der Waals surface area contributed by atoms with E-state index >= 15 is 0 Å². The first kappa shape index (κ1) is 23.6. The quantitative estimate of drug-likeness (QED) is 0.456. The van der Waals surface area contributed by atoms with Crippen LogP contribution in [0.1, 0.15) is 12.0 Å². The molecular weight excluding hydrogens is 424 g/mol. The van der Waals surface area contributed by atoms with Crippen LogP contribution >= 0.6 is 0 Å². The number of ether oxygens (including phenoxy) is 2. The lowest BCUT2D eigenvalue weighted by Crippen LogP contribution is -2.33. The lowest BCUT2D eigenvalue weighted by Gasteiger charge is -2.17. The molecule has 0 radical (unpaired) electrons. The highest BCUT2D eigenvalue weighted by atomic mass is 16.5. The molecule has 0 atom stereocenters. The van der Waals surface area contributed by atoms with Gasteiger partial charge in [-0.3, -0.25) is 19.3 Å². The molecule has 10 heteroatoms. The van der Waals surface area contributed by atoms with E-state index < -0.39 is 0 Å². The number of aromatic nitrogens is 3. The van der Waals surface area contributed by atoms with Crippen molar-refractivity contribution in [2.45, 2.75) is 19.9 Å². The van der Waals surface area contributed by atoms with E-state index in [1.807, 2.05) is 31.2 Å². The molecule has 0 fully saturated rings. The first-order valence-electron chi connectivity index (χ1n) is 10.5. The fraction of sp³-hybridized carbons (Fsp3) is 0.304. The van der Waals surface area contributed by atoms with Crippen LogP contribution in [-0.4, -0.2) is 58.3 Å². The number of rotatable bonds is 11. The van der Waals surface area contributed by atoms with Gasteiger partial charge in [-0.05, 0) is 19.1 Å². The predicted molar refractivity (Wildman–Crippen MR) is 124 cm³/mol. The van der Waals surface area contributed by atoms with Crippen LogP contribution < -0.4 is 20.5 Å². The molecule has 0 unspecified atom stereocenters. The molecule has 33 heavy (non-hydrogen) atoms. The lowest BCUT2D eigenvalue weighted by atomic mass is 10.2. The van der Waals surface area contributed by atoms with E-state index in [4.69, 9.17) is 15.2 Å². The summed E-state index contributed by atoms with van der Waals surface area (Å²) in [7, 11) is 1.71. The van der Waals surface area contributed by atoms with Gasteiger partial charge < -0.3 is 25.4 Å². The number of pyridine rings is 1. The number of carbonyl (C=O) groups is 2. The molecule has 0 aliphatic heterocycles. The first-order valence-corrected chi connectivity index (χ1v) is 10.5. The van der Waals surface area contributed by atoms with Crippen LogP contribution in [0.5, 0.6) is 11.5 Å². The Kier molecular flexibility index (Phi) is 8.23. The third kappa shape index (κ3) is 7.53. The Balaban J connectivity index is 1.37. The summed E-state index contributed by atoms with van der Waals surface area (Å²) in [6.45, 7) is 3.07. The number of anilines is 2. The largest absolute Gasteiger partial charge is 0.492 e. The average Bonchev–Trinajstić information content (AvgIpc) is 3.22. The van der Waals surface area contributed by atoms with Gasteiger partial charge >= 0.3 is 0 Å². The van der Waals surface area contributed by atoms with Gasteiger partial charge in [0, 0.05) is 25.5 Å². The number of carbonyl (C=O) groups excluding carboxylic acids is 2. The second kappa shape index (κ2) is 11.5. The summed E-state index contributed by atoms with van der Waals surface area (Å²) in [6, 6.07) is 9.39. The number of nitrogens with zero attached hydrogens (tertiary/aromatic N) is 4. The second-order valence-electron chi connectivity index (χ2n) is 7.46. The van der Waals surface area contributed by atoms with Gasteiger partial charge in [-0.1, -0.05) is 17.7 Å². The third-order valence-electron chi connectivity index (χ3n) is 4.75. The highest BCUT2D eigenvalue weighted by Gasteiger charge is 2.12. The molecule has 0 saturated heterocycles. The molecule has 2 heterocycles. The number of nitrogens with one attached hydrogen (secondary N) is 1. The minimum atomic E-state index is -0.237. The zero-order valence-corrected chi connectivity index (χ0v) is 18.7. The number of hydrogen-bond acceptors (Lipinski definition) is 7. The molecule has 0 aliphatic carbocycles. The number of hydrogen-bond donors (Lipinski definition) is 2. The van der Waals surface area contributed by atoms with E-state index in [-0.39, 0.29) is 31.4 Å². The molecule has 0 spiro atoms. The summed E-state index contributed by atoms with van der Waals surface area (Å²) in [6.07, 6.45) is 6.28. The van der Waals surface area contributed by atoms with Crippen LogP contribution in [-0.2, 0) is 16.1 Å². The standard InChI is InChI=1S/C23H28N6O4/c1-17-3-5-19(6-4-17)32-12-10-28(2)23(31)16-29-15-18(13-26-29)27-22(30)8-11-33-21-7-9-25-14-20(21)24/h3-7,9,13-15H,8,10-12,16,24H2,1-2H3,(H,27,30). The molecule has 10 nitrogen and oxygen atoms in total. The van der Waals surface area contributed by atoms with E-state index in [1.54, 1.807) is 30.4 Å². The van der Waals surface area contributed by atoms with Gasteiger partial charge in [0.2, 0.25) is 11.8 Å². The molecule has 2 amide bonds. The van der Waals surface area contributed by atoms with Crippen molar-refractivity contribution in [2.24, 2.45) is 0 Å². The number of likely N-dealkylation sites (N-methyl/N-ethyl adjacent to an activating group) is 1. The highest BCUT2D eigenvalue weighted by Crippen LogP contribution is 2.18. The van der Waals surface area contributed by atoms with Crippen molar-refractivity contribution >= 4 is 23.2 Å². The van der Waals surface area contributed by atoms with Gasteiger partial charge in [0.15, 0.2) is 0 Å². The van der Waals surface area contributed by atoms with Crippen molar-refractivity contribution in [1.29, 1.82) is 0 Å². The van der Waals surface area contributed by atoms with Gasteiger partial charge in [0.25, 0.3) is 0 Å². The van der Waals surface area contributed by atoms with Crippen LogP contribution in [0.3, 0.4) is 0 Å². The second-order valence-corrected chi connectivity index (χ2v) is 7.46. The fourth-order valence-corrected chi connectivity index (χ4v) is 2.84. The van der Waals surface area contributed by atoms with Gasteiger partial charge in [-0.25, -0.2) is 0 Å². The van der Waals surface area contributed by atoms with Crippen molar-refractivity contribution < 1.29 is 19.1 Å². The molecule has 3 N–H and O–H groups in total. The molecular formula is C23H28N6O4. The van der Waals surface area contributed by atoms with E-state index in [2.05, 4.69) is 15.4 Å². The van der Waals surface area contributed by atoms with Crippen molar-refractivity contribution in [3.8, 4) is 11.5 Å². The van der Waals surface area contributed by atoms with E-state index in [9.17, 15) is 9.59 Å². The maximum Gasteiger partial charge on any atom is 0.244 e. The van der Waals surface area contributed by atoms with Gasteiger partial charge in [0.05, 0.1) is 43.3 Å². The number of nitrogen functional groups attached to an aromatic ring is 1. The van der Waals surface area contributed by atoms with Crippen LogP contribution in [0.4, 0.5) is 11.4 Å². The van der Waals surface area contributed by atoms with Crippen molar-refractivity contribution in [3.63, 3.8) is 0 Å². The summed E-state index contributed by atoms with van der Waals surface area (Å²) in [5.74, 6) is 0.895. The lowest BCUT2D eigenvalue weighted by molar-refractivity contribution is -0.131. The van der Waals surface area contributed by atoms with Crippen LogP contribution in [0, 0.1) is 6.92 Å². The van der Waals surface area contributed by atoms with Gasteiger partial charge in [-0.2, -0.15) is 5.10 Å². The van der Waals surface area contributed by atoms with Crippen LogP contribution in [0.15, 0.2) is 55.1 Å². The average molecular weight is 453 g/mol. The number of benzene rings is 1. The van der Waals surface area contributed by atoms with E-state index in [0.29, 0.717) is 30.3 Å². The first-order chi connectivity index (χ1) is 15.9. The summed E-state index contributed by atoms with van der Waals surface area (Å²) in [5, 5.41) is 6.87. The molecule has 1 aromatic carbocycles. The molecule has 2 aromatic heterocycles. The smallest absolute Gasteiger partial charge is 0.244 e. The summed E-state index contributed by atoms with van der Waals surface area (Å²) < 4.78 is 12.6. The Bertz CT molecular complexity index is 1070. The summed E-state index contributed by atoms with van der Waals surface area (Å²) in [4.78, 5) is 30.0. The Labute approximate surface area is 192 Å². The highest BCUT2D eigenvalue weighted by molar-refractivity contribution is 5.90. The maximum atomic E-state index is 12.4. The minimum absolute atomic E-state index is 0.0569. The van der Waals surface area contributed by atoms with Crippen molar-refractivity contribution in [2.75, 3.05) is 37.9 Å². The number of amides is 2. The Morgan fingerprint density at radius 1 is 1.12 bits per heavy atom. The normalized spacial score (nSPS) is 10.5. The van der Waals surface area contributed by atoms with Crippen molar-refractivity contribution in [3.05, 3.63) is 60.7 Å². The SMILES string of the molecule is Cc1ccc(OCCN(C)C(=O)Cn2cc(NC(=O)CCOc3ccncc3N)cn2)cc1. The molecule has 0 saturated carbocycles. The van der Waals surface area contributed by atoms with E-state index in [1.165, 1.54) is 17.1 Å². The zero-order valence-electron chi connectivity index (χ0n) is 18.7. The van der Waals surface area contributed by atoms with Gasteiger partial charge in [0.1, 0.15) is 24.7 Å². The topological polar surface area (TPSA) is 125 Å². The van der Waals surface area contributed by atoms with Crippen LogP contribution in [0.25, 0.3) is 0 Å². The molecule has 0 aliphatic rings. The van der Waals surface area contributed by atoms with Gasteiger partial charge in [-0.15, -0.1) is 0 Å². The Morgan fingerprint density at radius 3 is 2.67 bits per heavy atom. The fourth-order valence-electron chi connectivity index (χ4n) is 2.84. The Hall–Kier alpha value is -4.08. The van der Waals surface area contributed by atoms with E-state index in [0.717, 1.165) is 11.3 Å². The maximum absolute atomic E-state index is 12.4. The molecule has 3 rings (SSSR count). The van der Waals surface area contributed by atoms with Crippen LogP contribution in [0.2, 0.25) is 0 Å². The summed E-state index contributed by atoms with van der Waals surface area (Å²) >= 11 is 0. The number of nitrogens with two attached hydrogens (primary N) is 1. The summed E-state index contributed by atoms with van der Waals surface area (Å²) in [5.41, 5.74) is 7.82. The monoisotopic (exact) mass is 452 g/mol.